The zero-order valence-electron chi connectivity index (χ0n) is 14.3. The predicted octanol–water partition coefficient (Wildman–Crippen LogP) is 2.13. The van der Waals surface area contributed by atoms with Crippen molar-refractivity contribution in [1.29, 1.82) is 0 Å². The van der Waals surface area contributed by atoms with Gasteiger partial charge in [0, 0.05) is 24.2 Å². The van der Waals surface area contributed by atoms with Crippen LogP contribution < -0.4 is 16.0 Å². The summed E-state index contributed by atoms with van der Waals surface area (Å²) < 4.78 is 0. The Morgan fingerprint density at radius 3 is 2.50 bits per heavy atom. The maximum Gasteiger partial charge on any atom is 0.251 e. The molecule has 0 spiro atoms. The second-order valence-electron chi connectivity index (χ2n) is 6.30. The van der Waals surface area contributed by atoms with Gasteiger partial charge in [0.25, 0.3) is 5.91 Å². The summed E-state index contributed by atoms with van der Waals surface area (Å²) in [5.74, 6) is -0.688. The van der Waals surface area contributed by atoms with Gasteiger partial charge in [-0.3, -0.25) is 14.4 Å². The number of aryl methyl sites for hydroxylation is 1. The summed E-state index contributed by atoms with van der Waals surface area (Å²) in [4.78, 5) is 35.3. The number of benzene rings is 1. The van der Waals surface area contributed by atoms with E-state index in [2.05, 4.69) is 16.0 Å². The fraction of sp³-hybridized carbons (Fsp3) is 0.500. The van der Waals surface area contributed by atoms with Gasteiger partial charge in [-0.15, -0.1) is 0 Å². The molecule has 1 aromatic rings. The predicted molar refractivity (Wildman–Crippen MR) is 92.8 cm³/mol. The lowest BCUT2D eigenvalue weighted by molar-refractivity contribution is -0.121. The van der Waals surface area contributed by atoms with Gasteiger partial charge in [0.15, 0.2) is 0 Å². The first kappa shape index (κ1) is 18.0. The number of rotatable bonds is 5. The molecule has 130 valence electrons. The molecule has 0 heterocycles. The molecule has 0 unspecified atom stereocenters. The Labute approximate surface area is 142 Å². The molecule has 2 rings (SSSR count). The molecule has 0 aliphatic heterocycles. The van der Waals surface area contributed by atoms with E-state index in [9.17, 15) is 14.4 Å². The van der Waals surface area contributed by atoms with Crippen LogP contribution in [0.15, 0.2) is 18.2 Å². The molecule has 24 heavy (non-hydrogen) atoms. The van der Waals surface area contributed by atoms with E-state index >= 15 is 0 Å². The third-order valence-corrected chi connectivity index (χ3v) is 4.19. The van der Waals surface area contributed by atoms with Gasteiger partial charge in [-0.2, -0.15) is 0 Å². The van der Waals surface area contributed by atoms with E-state index in [1.807, 2.05) is 6.92 Å². The minimum Gasteiger partial charge on any atom is -0.352 e. The fourth-order valence-corrected chi connectivity index (χ4v) is 2.88. The van der Waals surface area contributed by atoms with Crippen LogP contribution in [0.1, 0.15) is 54.9 Å². The SMILES string of the molecule is CC(=O)Nc1cc(C(=O)NCC(=O)NC2CCCCC2)ccc1C. The van der Waals surface area contributed by atoms with Crippen LogP contribution in [-0.4, -0.2) is 30.3 Å². The zero-order valence-corrected chi connectivity index (χ0v) is 14.3. The number of carbonyl (C=O) groups excluding carboxylic acids is 3. The average Bonchev–Trinajstić information content (AvgIpc) is 2.55. The van der Waals surface area contributed by atoms with Crippen LogP contribution in [0.5, 0.6) is 0 Å². The molecule has 1 aromatic carbocycles. The number of carbonyl (C=O) groups is 3. The van der Waals surface area contributed by atoms with Crippen LogP contribution in [0.4, 0.5) is 5.69 Å². The van der Waals surface area contributed by atoms with E-state index < -0.39 is 0 Å². The molecule has 1 aliphatic rings. The Balaban J connectivity index is 1.87. The second-order valence-corrected chi connectivity index (χ2v) is 6.30. The van der Waals surface area contributed by atoms with Gasteiger partial charge in [-0.05, 0) is 37.5 Å². The first-order chi connectivity index (χ1) is 11.5. The quantitative estimate of drug-likeness (QED) is 0.772. The van der Waals surface area contributed by atoms with Crippen molar-refractivity contribution in [3.8, 4) is 0 Å². The molecule has 3 amide bonds. The summed E-state index contributed by atoms with van der Waals surface area (Å²) in [7, 11) is 0. The highest BCUT2D eigenvalue weighted by molar-refractivity contribution is 5.98. The monoisotopic (exact) mass is 331 g/mol. The Morgan fingerprint density at radius 1 is 1.12 bits per heavy atom. The molecular formula is C18H25N3O3. The smallest absolute Gasteiger partial charge is 0.251 e. The summed E-state index contributed by atoms with van der Waals surface area (Å²) in [6, 6.07) is 5.29. The lowest BCUT2D eigenvalue weighted by Crippen LogP contribution is -2.42. The van der Waals surface area contributed by atoms with Gasteiger partial charge in [-0.1, -0.05) is 25.3 Å². The molecule has 1 fully saturated rings. The van der Waals surface area contributed by atoms with Crippen molar-refractivity contribution in [3.63, 3.8) is 0 Å². The van der Waals surface area contributed by atoms with E-state index in [1.165, 1.54) is 13.3 Å². The first-order valence-corrected chi connectivity index (χ1v) is 8.41. The maximum absolute atomic E-state index is 12.2. The third kappa shape index (κ3) is 5.37. The highest BCUT2D eigenvalue weighted by Gasteiger charge is 2.16. The van der Waals surface area contributed by atoms with Gasteiger partial charge in [0.05, 0.1) is 6.54 Å². The molecule has 0 bridgehead atoms. The summed E-state index contributed by atoms with van der Waals surface area (Å²) in [5, 5.41) is 8.28. The minimum atomic E-state index is -0.333. The van der Waals surface area contributed by atoms with Gasteiger partial charge in [-0.25, -0.2) is 0 Å². The van der Waals surface area contributed by atoms with Crippen LogP contribution >= 0.6 is 0 Å². The average molecular weight is 331 g/mol. The third-order valence-electron chi connectivity index (χ3n) is 4.19. The maximum atomic E-state index is 12.2. The lowest BCUT2D eigenvalue weighted by Gasteiger charge is -2.22. The molecule has 0 radical (unpaired) electrons. The summed E-state index contributed by atoms with van der Waals surface area (Å²) in [6.07, 6.45) is 5.54. The number of hydrogen-bond donors (Lipinski definition) is 3. The number of nitrogens with one attached hydrogen (secondary N) is 3. The van der Waals surface area contributed by atoms with E-state index in [1.54, 1.807) is 18.2 Å². The van der Waals surface area contributed by atoms with Crippen molar-refractivity contribution in [1.82, 2.24) is 10.6 Å². The van der Waals surface area contributed by atoms with Crippen molar-refractivity contribution in [2.75, 3.05) is 11.9 Å². The molecule has 1 aliphatic carbocycles. The van der Waals surface area contributed by atoms with E-state index in [-0.39, 0.29) is 30.3 Å². The standard InChI is InChI=1S/C18H25N3O3/c1-12-8-9-14(10-16(12)20-13(2)22)18(24)19-11-17(23)21-15-6-4-3-5-7-15/h8-10,15H,3-7,11H2,1-2H3,(H,19,24)(H,20,22)(H,21,23). The molecule has 1 saturated carbocycles. The number of hydrogen-bond acceptors (Lipinski definition) is 3. The highest BCUT2D eigenvalue weighted by Crippen LogP contribution is 2.18. The van der Waals surface area contributed by atoms with Crippen molar-refractivity contribution >= 4 is 23.4 Å². The Hall–Kier alpha value is -2.37. The van der Waals surface area contributed by atoms with E-state index in [0.29, 0.717) is 11.3 Å². The Kier molecular flexibility index (Phi) is 6.35. The molecule has 0 atom stereocenters. The molecule has 0 aromatic heterocycles. The Bertz CT molecular complexity index is 622. The van der Waals surface area contributed by atoms with Crippen LogP contribution in [0, 0.1) is 6.92 Å². The van der Waals surface area contributed by atoms with Gasteiger partial charge in [0.2, 0.25) is 11.8 Å². The van der Waals surface area contributed by atoms with Gasteiger partial charge >= 0.3 is 0 Å². The molecule has 3 N–H and O–H groups in total. The van der Waals surface area contributed by atoms with Crippen LogP contribution in [-0.2, 0) is 9.59 Å². The Morgan fingerprint density at radius 2 is 1.83 bits per heavy atom. The highest BCUT2D eigenvalue weighted by atomic mass is 16.2. The van der Waals surface area contributed by atoms with Crippen molar-refractivity contribution in [2.24, 2.45) is 0 Å². The van der Waals surface area contributed by atoms with Gasteiger partial charge < -0.3 is 16.0 Å². The first-order valence-electron chi connectivity index (χ1n) is 8.41. The summed E-state index contributed by atoms with van der Waals surface area (Å²) in [6.45, 7) is 3.23. The van der Waals surface area contributed by atoms with Crippen molar-refractivity contribution in [2.45, 2.75) is 52.0 Å². The molecule has 0 saturated heterocycles. The topological polar surface area (TPSA) is 87.3 Å². The van der Waals surface area contributed by atoms with Crippen molar-refractivity contribution < 1.29 is 14.4 Å². The zero-order chi connectivity index (χ0) is 17.5. The molecule has 6 heteroatoms. The lowest BCUT2D eigenvalue weighted by atomic mass is 9.95. The normalized spacial score (nSPS) is 14.8. The van der Waals surface area contributed by atoms with Crippen LogP contribution in [0.2, 0.25) is 0 Å². The molecule has 6 nitrogen and oxygen atoms in total. The molecular weight excluding hydrogens is 306 g/mol. The number of anilines is 1. The second kappa shape index (κ2) is 8.47. The largest absolute Gasteiger partial charge is 0.352 e. The summed E-state index contributed by atoms with van der Waals surface area (Å²) >= 11 is 0. The number of amides is 3. The van der Waals surface area contributed by atoms with Gasteiger partial charge in [0.1, 0.15) is 0 Å². The van der Waals surface area contributed by atoms with Crippen molar-refractivity contribution in [3.05, 3.63) is 29.3 Å². The fourth-order valence-electron chi connectivity index (χ4n) is 2.88. The van der Waals surface area contributed by atoms with Crippen LogP contribution in [0.3, 0.4) is 0 Å². The van der Waals surface area contributed by atoms with Crippen LogP contribution in [0.25, 0.3) is 0 Å². The van der Waals surface area contributed by atoms with E-state index in [4.69, 9.17) is 0 Å². The minimum absolute atomic E-state index is 0.0430. The summed E-state index contributed by atoms with van der Waals surface area (Å²) in [5.41, 5.74) is 1.88. The van der Waals surface area contributed by atoms with E-state index in [0.717, 1.165) is 31.2 Å².